The number of nitrogens with zero attached hydrogens (tertiary/aromatic N) is 2. The van der Waals surface area contributed by atoms with Crippen molar-refractivity contribution in [3.8, 4) is 0 Å². The summed E-state index contributed by atoms with van der Waals surface area (Å²) in [4.78, 5) is 27.5. The molecule has 1 aromatic carbocycles. The fourth-order valence-electron chi connectivity index (χ4n) is 2.79. The minimum Gasteiger partial charge on any atom is -0.399 e. The Morgan fingerprint density at radius 1 is 1.33 bits per heavy atom. The molecule has 2 saturated heterocycles. The van der Waals surface area contributed by atoms with E-state index in [-0.39, 0.29) is 23.9 Å². The number of amides is 3. The van der Waals surface area contributed by atoms with E-state index in [1.807, 2.05) is 6.92 Å². The number of fused-ring (bicyclic) bond motifs is 1. The van der Waals surface area contributed by atoms with Crippen LogP contribution in [0.15, 0.2) is 24.3 Å². The largest absolute Gasteiger partial charge is 0.399 e. The average Bonchev–Trinajstić information content (AvgIpc) is 2.81. The average molecular weight is 245 g/mol. The number of anilines is 2. The van der Waals surface area contributed by atoms with Crippen molar-refractivity contribution in [2.75, 3.05) is 17.2 Å². The van der Waals surface area contributed by atoms with Gasteiger partial charge in [0.1, 0.15) is 6.04 Å². The summed E-state index contributed by atoms with van der Waals surface area (Å²) >= 11 is 0. The van der Waals surface area contributed by atoms with E-state index in [9.17, 15) is 9.59 Å². The summed E-state index contributed by atoms with van der Waals surface area (Å²) in [6.45, 7) is 2.67. The lowest BCUT2D eigenvalue weighted by molar-refractivity contribution is -0.120. The lowest BCUT2D eigenvalue weighted by Gasteiger charge is -2.15. The molecule has 2 N–H and O–H groups in total. The van der Waals surface area contributed by atoms with Gasteiger partial charge in [0.2, 0.25) is 0 Å². The topological polar surface area (TPSA) is 66.6 Å². The van der Waals surface area contributed by atoms with Crippen molar-refractivity contribution in [2.45, 2.75) is 19.4 Å². The van der Waals surface area contributed by atoms with Crippen LogP contribution in [0.3, 0.4) is 0 Å². The summed E-state index contributed by atoms with van der Waals surface area (Å²) in [5.74, 6) is 0.100. The van der Waals surface area contributed by atoms with Gasteiger partial charge in [-0.3, -0.25) is 4.79 Å². The van der Waals surface area contributed by atoms with Crippen LogP contribution in [0, 0.1) is 5.92 Å². The Morgan fingerprint density at radius 2 is 2.11 bits per heavy atom. The molecule has 2 aliphatic rings. The van der Waals surface area contributed by atoms with Gasteiger partial charge in [0.25, 0.3) is 5.91 Å². The number of nitrogens with two attached hydrogens (primary N) is 1. The number of urea groups is 1. The number of benzene rings is 1. The molecule has 5 nitrogen and oxygen atoms in total. The van der Waals surface area contributed by atoms with E-state index in [2.05, 4.69) is 0 Å². The summed E-state index contributed by atoms with van der Waals surface area (Å²) in [7, 11) is 0. The van der Waals surface area contributed by atoms with Crippen LogP contribution < -0.4 is 10.6 Å². The first-order valence-electron chi connectivity index (χ1n) is 6.09. The van der Waals surface area contributed by atoms with E-state index in [0.29, 0.717) is 17.9 Å². The molecule has 1 aromatic rings. The van der Waals surface area contributed by atoms with Crippen molar-refractivity contribution in [1.29, 1.82) is 0 Å². The molecule has 0 bridgehead atoms. The van der Waals surface area contributed by atoms with Crippen LogP contribution in [0.2, 0.25) is 0 Å². The molecule has 5 heteroatoms. The molecule has 2 fully saturated rings. The maximum atomic E-state index is 12.3. The smallest absolute Gasteiger partial charge is 0.332 e. The molecule has 0 saturated carbocycles. The van der Waals surface area contributed by atoms with Crippen LogP contribution in [-0.2, 0) is 4.79 Å². The van der Waals surface area contributed by atoms with E-state index in [0.717, 1.165) is 6.42 Å². The van der Waals surface area contributed by atoms with Gasteiger partial charge in [-0.2, -0.15) is 0 Å². The number of imide groups is 1. The third-order valence-electron chi connectivity index (χ3n) is 3.74. The third-order valence-corrected chi connectivity index (χ3v) is 3.74. The molecule has 0 spiro atoms. The van der Waals surface area contributed by atoms with Crippen molar-refractivity contribution in [2.24, 2.45) is 5.92 Å². The highest BCUT2D eigenvalue weighted by Gasteiger charge is 2.51. The summed E-state index contributed by atoms with van der Waals surface area (Å²) in [6, 6.07) is 6.36. The Hall–Kier alpha value is -2.04. The van der Waals surface area contributed by atoms with Crippen molar-refractivity contribution in [1.82, 2.24) is 4.90 Å². The minimum atomic E-state index is -0.293. The molecule has 94 valence electrons. The molecule has 3 rings (SSSR count). The van der Waals surface area contributed by atoms with E-state index < -0.39 is 0 Å². The Bertz CT molecular complexity index is 529. The van der Waals surface area contributed by atoms with Gasteiger partial charge < -0.3 is 10.6 Å². The molecule has 2 heterocycles. The van der Waals surface area contributed by atoms with Gasteiger partial charge in [-0.05, 0) is 30.5 Å². The van der Waals surface area contributed by atoms with Crippen LogP contribution >= 0.6 is 0 Å². The van der Waals surface area contributed by atoms with Gasteiger partial charge in [-0.25, -0.2) is 9.69 Å². The number of carbonyl (C=O) groups excluding carboxylic acids is 2. The van der Waals surface area contributed by atoms with Crippen LogP contribution in [-0.4, -0.2) is 29.4 Å². The summed E-state index contributed by atoms with van der Waals surface area (Å²) in [5.41, 5.74) is 6.81. The molecule has 2 atom stereocenters. The van der Waals surface area contributed by atoms with Crippen LogP contribution in [0.25, 0.3) is 0 Å². The molecule has 2 unspecified atom stereocenters. The summed E-state index contributed by atoms with van der Waals surface area (Å²) < 4.78 is 0. The standard InChI is InChI=1S/C13H15N3O2/c1-8-5-6-15-11(8)12(17)16(13(15)18)10-4-2-3-9(14)7-10/h2-4,7-8,11H,5-6,14H2,1H3. The highest BCUT2D eigenvalue weighted by atomic mass is 16.2. The number of nitrogen functional groups attached to an aromatic ring is 1. The van der Waals surface area contributed by atoms with E-state index in [1.165, 1.54) is 4.90 Å². The van der Waals surface area contributed by atoms with Gasteiger partial charge in [0.15, 0.2) is 0 Å². The summed E-state index contributed by atoms with van der Waals surface area (Å²) in [6.07, 6.45) is 0.896. The predicted molar refractivity (Wildman–Crippen MR) is 68.0 cm³/mol. The molecule has 0 aliphatic carbocycles. The zero-order chi connectivity index (χ0) is 12.9. The molecular formula is C13H15N3O2. The monoisotopic (exact) mass is 245 g/mol. The van der Waals surface area contributed by atoms with Gasteiger partial charge in [-0.15, -0.1) is 0 Å². The second-order valence-corrected chi connectivity index (χ2v) is 4.96. The SMILES string of the molecule is CC1CCN2C(=O)N(c3cccc(N)c3)C(=O)C12. The first-order chi connectivity index (χ1) is 8.59. The Morgan fingerprint density at radius 3 is 2.78 bits per heavy atom. The highest BCUT2D eigenvalue weighted by Crippen LogP contribution is 2.34. The number of hydrogen-bond acceptors (Lipinski definition) is 3. The highest BCUT2D eigenvalue weighted by molar-refractivity contribution is 6.21. The number of carbonyl (C=O) groups is 2. The zero-order valence-corrected chi connectivity index (χ0v) is 10.2. The second-order valence-electron chi connectivity index (χ2n) is 4.96. The molecular weight excluding hydrogens is 230 g/mol. The van der Waals surface area contributed by atoms with Crippen molar-refractivity contribution in [3.63, 3.8) is 0 Å². The first-order valence-corrected chi connectivity index (χ1v) is 6.09. The third kappa shape index (κ3) is 1.40. The van der Waals surface area contributed by atoms with Gasteiger partial charge in [0, 0.05) is 12.2 Å². The Labute approximate surface area is 105 Å². The normalized spacial score (nSPS) is 26.9. The molecule has 2 aliphatic heterocycles. The molecule has 0 aromatic heterocycles. The lowest BCUT2D eigenvalue weighted by atomic mass is 10.0. The molecule has 18 heavy (non-hydrogen) atoms. The van der Waals surface area contributed by atoms with Crippen LogP contribution in [0.4, 0.5) is 16.2 Å². The Kier molecular flexibility index (Phi) is 2.29. The lowest BCUT2D eigenvalue weighted by Crippen LogP contribution is -2.33. The first kappa shape index (κ1) is 11.1. The molecule has 0 radical (unpaired) electrons. The van der Waals surface area contributed by atoms with Crippen molar-refractivity contribution < 1.29 is 9.59 Å². The van der Waals surface area contributed by atoms with E-state index in [1.54, 1.807) is 29.2 Å². The van der Waals surface area contributed by atoms with Crippen LogP contribution in [0.1, 0.15) is 13.3 Å². The van der Waals surface area contributed by atoms with E-state index >= 15 is 0 Å². The quantitative estimate of drug-likeness (QED) is 0.601. The second kappa shape index (κ2) is 3.73. The minimum absolute atomic E-state index is 0.129. The van der Waals surface area contributed by atoms with E-state index in [4.69, 9.17) is 5.73 Å². The van der Waals surface area contributed by atoms with Crippen LogP contribution in [0.5, 0.6) is 0 Å². The van der Waals surface area contributed by atoms with Gasteiger partial charge in [0.05, 0.1) is 5.69 Å². The summed E-state index contributed by atoms with van der Waals surface area (Å²) in [5, 5.41) is 0. The maximum absolute atomic E-state index is 12.3. The van der Waals surface area contributed by atoms with Crippen molar-refractivity contribution >= 4 is 23.3 Å². The number of hydrogen-bond donors (Lipinski definition) is 1. The van der Waals surface area contributed by atoms with Crippen molar-refractivity contribution in [3.05, 3.63) is 24.3 Å². The van der Waals surface area contributed by atoms with Gasteiger partial charge in [-0.1, -0.05) is 13.0 Å². The predicted octanol–water partition coefficient (Wildman–Crippen LogP) is 1.45. The number of rotatable bonds is 1. The Balaban J connectivity index is 2.00. The maximum Gasteiger partial charge on any atom is 0.332 e. The fraction of sp³-hybridized carbons (Fsp3) is 0.385. The fourth-order valence-corrected chi connectivity index (χ4v) is 2.79. The van der Waals surface area contributed by atoms with Gasteiger partial charge >= 0.3 is 6.03 Å². The zero-order valence-electron chi connectivity index (χ0n) is 10.2. The molecule has 3 amide bonds.